The van der Waals surface area contributed by atoms with Crippen molar-refractivity contribution in [2.24, 2.45) is 0 Å². The molecule has 1 aliphatic rings. The molecule has 0 N–H and O–H groups in total. The minimum absolute atomic E-state index is 0.121. The lowest BCUT2D eigenvalue weighted by atomic mass is 9.82. The summed E-state index contributed by atoms with van der Waals surface area (Å²) in [6.07, 6.45) is 0. The summed E-state index contributed by atoms with van der Waals surface area (Å²) in [7, 11) is 0. The van der Waals surface area contributed by atoms with Gasteiger partial charge in [0.25, 0.3) is 0 Å². The lowest BCUT2D eigenvalue weighted by molar-refractivity contribution is 0.661. The Labute approximate surface area is 348 Å². The van der Waals surface area contributed by atoms with E-state index in [-0.39, 0.29) is 5.41 Å². The van der Waals surface area contributed by atoms with Crippen molar-refractivity contribution in [3.63, 3.8) is 0 Å². The molecule has 5 nitrogen and oxygen atoms in total. The molecular formula is C54H34N4OS. The van der Waals surface area contributed by atoms with E-state index in [1.807, 2.05) is 18.2 Å². The minimum Gasteiger partial charge on any atom is -0.456 e. The number of rotatable bonds is 4. The summed E-state index contributed by atoms with van der Waals surface area (Å²) in [5.74, 6) is 1.84. The highest BCUT2D eigenvalue weighted by Gasteiger charge is 2.36. The van der Waals surface area contributed by atoms with Crippen LogP contribution in [0, 0.1) is 0 Å². The molecule has 0 radical (unpaired) electrons. The first-order chi connectivity index (χ1) is 29.5. The summed E-state index contributed by atoms with van der Waals surface area (Å²) in [6.45, 7) is 4.69. The molecule has 0 spiro atoms. The summed E-state index contributed by atoms with van der Waals surface area (Å²) in [5, 5.41) is 7.06. The molecule has 12 aromatic rings. The van der Waals surface area contributed by atoms with E-state index in [0.29, 0.717) is 17.5 Å². The molecule has 0 bridgehead atoms. The fourth-order valence-electron chi connectivity index (χ4n) is 9.77. The van der Waals surface area contributed by atoms with E-state index in [0.717, 1.165) is 54.5 Å². The van der Waals surface area contributed by atoms with Crippen LogP contribution in [0.5, 0.6) is 0 Å². The Bertz CT molecular complexity index is 3770. The summed E-state index contributed by atoms with van der Waals surface area (Å²) in [6, 6.07) is 60.6. The van der Waals surface area contributed by atoms with Gasteiger partial charge in [-0.15, -0.1) is 11.3 Å². The van der Waals surface area contributed by atoms with E-state index in [4.69, 9.17) is 19.4 Å². The van der Waals surface area contributed by atoms with Gasteiger partial charge in [0.2, 0.25) is 0 Å². The van der Waals surface area contributed by atoms with Crippen LogP contribution in [-0.4, -0.2) is 19.5 Å². The maximum atomic E-state index is 6.35. The average molecular weight is 787 g/mol. The number of hydrogen-bond acceptors (Lipinski definition) is 5. The third-order valence-corrected chi connectivity index (χ3v) is 13.9. The van der Waals surface area contributed by atoms with Gasteiger partial charge < -0.3 is 8.98 Å². The third kappa shape index (κ3) is 4.76. The standard InChI is InChI=1S/C54H34N4OS/c1-54(2)43-21-7-3-15-34(43)41-29-42-35-16-4-8-22-45(35)58(46(42)30-44(41)54)33-14-11-13-31(27-33)51-55-52(32-25-26-37-36-17-5-9-23-47(36)59-48(37)28-32)57-53(56-51)40-20-12-19-39-38-18-6-10-24-49(38)60-50(39)40/h3-30H,1-2H3. The molecule has 282 valence electrons. The zero-order valence-electron chi connectivity index (χ0n) is 32.8. The van der Waals surface area contributed by atoms with Gasteiger partial charge in [-0.3, -0.25) is 0 Å². The van der Waals surface area contributed by atoms with Crippen molar-refractivity contribution in [3.05, 3.63) is 181 Å². The average Bonchev–Trinajstić information content (AvgIpc) is 4.02. The van der Waals surface area contributed by atoms with E-state index < -0.39 is 0 Å². The van der Waals surface area contributed by atoms with Crippen molar-refractivity contribution in [1.29, 1.82) is 0 Å². The molecule has 6 heteroatoms. The zero-order chi connectivity index (χ0) is 39.7. The summed E-state index contributed by atoms with van der Waals surface area (Å²) < 4.78 is 11.2. The first-order valence-corrected chi connectivity index (χ1v) is 21.2. The topological polar surface area (TPSA) is 56.7 Å². The second-order valence-electron chi connectivity index (χ2n) is 16.4. The van der Waals surface area contributed by atoms with Crippen LogP contribution in [0.2, 0.25) is 0 Å². The number of hydrogen-bond donors (Lipinski definition) is 0. The Kier molecular flexibility index (Phi) is 6.88. The molecule has 4 aromatic heterocycles. The lowest BCUT2D eigenvalue weighted by Crippen LogP contribution is -2.14. The van der Waals surface area contributed by atoms with Crippen molar-refractivity contribution < 1.29 is 4.42 Å². The van der Waals surface area contributed by atoms with Crippen LogP contribution < -0.4 is 0 Å². The van der Waals surface area contributed by atoms with Crippen LogP contribution in [0.3, 0.4) is 0 Å². The predicted molar refractivity (Wildman–Crippen MR) is 248 cm³/mol. The highest BCUT2D eigenvalue weighted by atomic mass is 32.1. The lowest BCUT2D eigenvalue weighted by Gasteiger charge is -2.21. The molecule has 60 heavy (non-hydrogen) atoms. The summed E-state index contributed by atoms with van der Waals surface area (Å²) in [5.41, 5.74) is 13.0. The Balaban J connectivity index is 1.03. The number of thiophene rings is 1. The van der Waals surface area contributed by atoms with Crippen LogP contribution in [0.25, 0.3) is 115 Å². The molecule has 13 rings (SSSR count). The first kappa shape index (κ1) is 33.6. The Morgan fingerprint density at radius 3 is 2.03 bits per heavy atom. The fraction of sp³-hybridized carbons (Fsp3) is 0.0556. The van der Waals surface area contributed by atoms with Crippen molar-refractivity contribution in [1.82, 2.24) is 19.5 Å². The molecular weight excluding hydrogens is 753 g/mol. The molecule has 0 fully saturated rings. The molecule has 0 atom stereocenters. The monoisotopic (exact) mass is 786 g/mol. The van der Waals surface area contributed by atoms with Crippen LogP contribution in [0.15, 0.2) is 174 Å². The molecule has 4 heterocycles. The summed E-state index contributed by atoms with van der Waals surface area (Å²) >= 11 is 1.78. The van der Waals surface area contributed by atoms with Crippen molar-refractivity contribution in [3.8, 4) is 51.0 Å². The SMILES string of the molecule is CC1(C)c2ccccc2-c2cc3c4ccccc4n(-c4cccc(-c5nc(-c6ccc7c(c6)oc6ccccc67)nc(-c6cccc7c6sc6ccccc67)n5)c4)c3cc21. The van der Waals surface area contributed by atoms with Gasteiger partial charge in [-0.2, -0.15) is 0 Å². The molecule has 0 unspecified atom stereocenters. The van der Waals surface area contributed by atoms with Gasteiger partial charge >= 0.3 is 0 Å². The number of para-hydroxylation sites is 2. The maximum absolute atomic E-state index is 6.35. The second kappa shape index (κ2) is 12.3. The van der Waals surface area contributed by atoms with Gasteiger partial charge in [0, 0.05) is 69.5 Å². The van der Waals surface area contributed by atoms with Crippen LogP contribution in [0.4, 0.5) is 0 Å². The smallest absolute Gasteiger partial charge is 0.165 e. The number of furan rings is 1. The third-order valence-electron chi connectivity index (χ3n) is 12.7. The predicted octanol–water partition coefficient (Wildman–Crippen LogP) is 14.5. The van der Waals surface area contributed by atoms with Crippen LogP contribution in [-0.2, 0) is 5.41 Å². The summed E-state index contributed by atoms with van der Waals surface area (Å²) in [4.78, 5) is 15.8. The van der Waals surface area contributed by atoms with E-state index in [9.17, 15) is 0 Å². The van der Waals surface area contributed by atoms with E-state index in [1.165, 1.54) is 54.0 Å². The molecule has 0 saturated carbocycles. The van der Waals surface area contributed by atoms with E-state index in [1.54, 1.807) is 11.3 Å². The Hall–Kier alpha value is -7.41. The second-order valence-corrected chi connectivity index (χ2v) is 17.4. The fourth-order valence-corrected chi connectivity index (χ4v) is 11.0. The van der Waals surface area contributed by atoms with Crippen LogP contribution in [0.1, 0.15) is 25.0 Å². The first-order valence-electron chi connectivity index (χ1n) is 20.3. The minimum atomic E-state index is -0.121. The molecule has 0 amide bonds. The number of nitrogens with zero attached hydrogens (tertiary/aromatic N) is 4. The number of fused-ring (bicyclic) bond motifs is 12. The normalized spacial score (nSPS) is 13.3. The van der Waals surface area contributed by atoms with Crippen molar-refractivity contribution in [2.75, 3.05) is 0 Å². The quantitative estimate of drug-likeness (QED) is 0.178. The Morgan fingerprint density at radius 2 is 1.13 bits per heavy atom. The van der Waals surface area contributed by atoms with Gasteiger partial charge in [-0.25, -0.2) is 15.0 Å². The molecule has 0 aliphatic heterocycles. The Morgan fingerprint density at radius 1 is 0.450 bits per heavy atom. The van der Waals surface area contributed by atoms with Gasteiger partial charge in [0.1, 0.15) is 11.2 Å². The van der Waals surface area contributed by atoms with Gasteiger partial charge in [0.05, 0.1) is 11.0 Å². The maximum Gasteiger partial charge on any atom is 0.165 e. The zero-order valence-corrected chi connectivity index (χ0v) is 33.6. The number of aromatic nitrogens is 4. The molecule has 8 aromatic carbocycles. The molecule has 0 saturated heterocycles. The highest BCUT2D eigenvalue weighted by molar-refractivity contribution is 7.26. The van der Waals surface area contributed by atoms with Gasteiger partial charge in [-0.05, 0) is 82.9 Å². The highest BCUT2D eigenvalue weighted by Crippen LogP contribution is 2.51. The number of benzene rings is 8. The van der Waals surface area contributed by atoms with Gasteiger partial charge in [-0.1, -0.05) is 123 Å². The molecule has 1 aliphatic carbocycles. The van der Waals surface area contributed by atoms with Gasteiger partial charge in [0.15, 0.2) is 17.5 Å². The largest absolute Gasteiger partial charge is 0.456 e. The van der Waals surface area contributed by atoms with Crippen molar-refractivity contribution in [2.45, 2.75) is 19.3 Å². The van der Waals surface area contributed by atoms with E-state index >= 15 is 0 Å². The van der Waals surface area contributed by atoms with Crippen molar-refractivity contribution >= 4 is 75.3 Å². The van der Waals surface area contributed by atoms with Crippen LogP contribution >= 0.6 is 11.3 Å². The van der Waals surface area contributed by atoms with E-state index in [2.05, 4.69) is 170 Å².